The summed E-state index contributed by atoms with van der Waals surface area (Å²) in [5.74, 6) is 0.431. The Bertz CT molecular complexity index is 978. The largest absolute Gasteiger partial charge is 0.504 e. The van der Waals surface area contributed by atoms with Crippen LogP contribution in [-0.4, -0.2) is 22.2 Å². The van der Waals surface area contributed by atoms with Gasteiger partial charge in [0.25, 0.3) is 5.56 Å². The lowest BCUT2D eigenvalue weighted by molar-refractivity contribution is 0.373. The van der Waals surface area contributed by atoms with Crippen LogP contribution in [0.5, 0.6) is 11.5 Å². The minimum absolute atomic E-state index is 0.0385. The number of rotatable bonds is 4. The first-order chi connectivity index (χ1) is 11.6. The van der Waals surface area contributed by atoms with Crippen LogP contribution in [0.4, 0.5) is 0 Å². The summed E-state index contributed by atoms with van der Waals surface area (Å²) in [7, 11) is 1.49. The Labute approximate surface area is 143 Å². The second kappa shape index (κ2) is 6.72. The van der Waals surface area contributed by atoms with Crippen molar-refractivity contribution >= 4 is 12.2 Å². The molecule has 0 aliphatic rings. The zero-order valence-corrected chi connectivity index (χ0v) is 13.8. The van der Waals surface area contributed by atoms with Crippen LogP contribution in [0.2, 0.25) is 0 Å². The van der Waals surface area contributed by atoms with Gasteiger partial charge in [-0.15, -0.1) is 0 Å². The van der Waals surface area contributed by atoms with E-state index in [4.69, 9.17) is 17.0 Å². The number of phenols is 1. The van der Waals surface area contributed by atoms with E-state index in [0.29, 0.717) is 23.4 Å². The fourth-order valence-electron chi connectivity index (χ4n) is 2.58. The van der Waals surface area contributed by atoms with Gasteiger partial charge in [-0.1, -0.05) is 36.4 Å². The van der Waals surface area contributed by atoms with Crippen molar-refractivity contribution in [1.82, 2.24) is 9.97 Å². The van der Waals surface area contributed by atoms with Crippen molar-refractivity contribution in [3.63, 3.8) is 0 Å². The monoisotopic (exact) mass is 340 g/mol. The Hall–Kier alpha value is -2.86. The predicted octanol–water partition coefficient (Wildman–Crippen LogP) is 3.40. The summed E-state index contributed by atoms with van der Waals surface area (Å²) >= 11 is 5.10. The molecule has 5 nitrogen and oxygen atoms in total. The molecular weight excluding hydrogens is 324 g/mol. The number of hydrogen-bond acceptors (Lipinski definition) is 4. The van der Waals surface area contributed by atoms with Crippen molar-refractivity contribution < 1.29 is 9.84 Å². The summed E-state index contributed by atoms with van der Waals surface area (Å²) in [6.07, 6.45) is 0.350. The lowest BCUT2D eigenvalue weighted by atomic mass is 10.0. The normalized spacial score (nSPS) is 10.5. The van der Waals surface area contributed by atoms with Crippen molar-refractivity contribution in [2.75, 3.05) is 7.11 Å². The number of ether oxygens (including phenoxy) is 1. The number of hydrogen-bond donors (Lipinski definition) is 3. The Balaban J connectivity index is 2.09. The molecule has 3 rings (SSSR count). The first-order valence-corrected chi connectivity index (χ1v) is 7.76. The molecule has 0 saturated heterocycles. The number of aromatic hydroxyl groups is 1. The smallest absolute Gasteiger partial charge is 0.255 e. The summed E-state index contributed by atoms with van der Waals surface area (Å²) < 4.78 is 5.32. The molecule has 24 heavy (non-hydrogen) atoms. The van der Waals surface area contributed by atoms with Crippen molar-refractivity contribution in [1.29, 1.82) is 0 Å². The van der Waals surface area contributed by atoms with E-state index in [-0.39, 0.29) is 16.1 Å². The molecule has 6 heteroatoms. The molecule has 0 aliphatic heterocycles. The lowest BCUT2D eigenvalue weighted by Crippen LogP contribution is -2.16. The Morgan fingerprint density at radius 2 is 1.88 bits per heavy atom. The molecule has 0 spiro atoms. The predicted molar refractivity (Wildman–Crippen MR) is 95.1 cm³/mol. The third kappa shape index (κ3) is 3.23. The Morgan fingerprint density at radius 1 is 1.12 bits per heavy atom. The van der Waals surface area contributed by atoms with Gasteiger partial charge in [-0.2, -0.15) is 0 Å². The van der Waals surface area contributed by atoms with Crippen molar-refractivity contribution in [2.45, 2.75) is 6.42 Å². The maximum Gasteiger partial charge on any atom is 0.255 e. The van der Waals surface area contributed by atoms with Gasteiger partial charge in [0.15, 0.2) is 16.3 Å². The van der Waals surface area contributed by atoms with E-state index < -0.39 is 0 Å². The molecule has 0 aliphatic carbocycles. The molecule has 0 unspecified atom stereocenters. The van der Waals surface area contributed by atoms with E-state index in [1.165, 1.54) is 7.11 Å². The second-order valence-electron chi connectivity index (χ2n) is 5.31. The molecule has 3 aromatic rings. The molecule has 1 heterocycles. The highest BCUT2D eigenvalue weighted by Crippen LogP contribution is 2.28. The van der Waals surface area contributed by atoms with Crippen LogP contribution in [0.15, 0.2) is 53.3 Å². The average Bonchev–Trinajstić information content (AvgIpc) is 2.58. The third-order valence-corrected chi connectivity index (χ3v) is 3.93. The van der Waals surface area contributed by atoms with Gasteiger partial charge in [-0.05, 0) is 35.5 Å². The fourth-order valence-corrected chi connectivity index (χ4v) is 2.78. The molecule has 0 fully saturated rings. The van der Waals surface area contributed by atoms with Crippen LogP contribution >= 0.6 is 12.2 Å². The van der Waals surface area contributed by atoms with Gasteiger partial charge in [0.1, 0.15) is 0 Å². The minimum Gasteiger partial charge on any atom is -0.504 e. The quantitative estimate of drug-likeness (QED) is 0.636. The number of aromatic amines is 2. The maximum atomic E-state index is 12.4. The van der Waals surface area contributed by atoms with Crippen LogP contribution < -0.4 is 10.3 Å². The molecular formula is C18H16N2O3S. The molecule has 122 valence electrons. The first-order valence-electron chi connectivity index (χ1n) is 7.35. The number of nitrogens with one attached hydrogen (secondary N) is 2. The highest BCUT2D eigenvalue weighted by molar-refractivity contribution is 7.71. The molecule has 0 radical (unpaired) electrons. The van der Waals surface area contributed by atoms with E-state index in [1.807, 2.05) is 36.4 Å². The van der Waals surface area contributed by atoms with Crippen LogP contribution in [-0.2, 0) is 6.42 Å². The summed E-state index contributed by atoms with van der Waals surface area (Å²) in [6.45, 7) is 0. The number of aromatic nitrogens is 2. The summed E-state index contributed by atoms with van der Waals surface area (Å²) in [5, 5.41) is 9.93. The summed E-state index contributed by atoms with van der Waals surface area (Å²) in [6, 6.07) is 14.6. The second-order valence-corrected chi connectivity index (χ2v) is 5.72. The molecule has 1 aromatic heterocycles. The SMILES string of the molecule is COc1ccc(Cc2c(-c3ccccc3)[nH]c(=S)[nH]c2=O)cc1O. The van der Waals surface area contributed by atoms with Crippen LogP contribution in [0, 0.1) is 4.77 Å². The highest BCUT2D eigenvalue weighted by atomic mass is 32.1. The van der Waals surface area contributed by atoms with E-state index in [1.54, 1.807) is 12.1 Å². The molecule has 2 aromatic carbocycles. The standard InChI is InChI=1S/C18H16N2O3S/c1-23-15-8-7-11(10-14(15)21)9-13-16(12-5-3-2-4-6-12)19-18(24)20-17(13)22/h2-8,10,21H,9H2,1H3,(H2,19,20,22,24). The van der Waals surface area contributed by atoms with Gasteiger partial charge in [-0.3, -0.25) is 9.78 Å². The van der Waals surface area contributed by atoms with E-state index in [2.05, 4.69) is 9.97 Å². The van der Waals surface area contributed by atoms with E-state index in [0.717, 1.165) is 11.1 Å². The van der Waals surface area contributed by atoms with Crippen LogP contribution in [0.3, 0.4) is 0 Å². The number of benzene rings is 2. The Kier molecular flexibility index (Phi) is 4.48. The Morgan fingerprint density at radius 3 is 2.54 bits per heavy atom. The van der Waals surface area contributed by atoms with E-state index in [9.17, 15) is 9.90 Å². The van der Waals surface area contributed by atoms with Gasteiger partial charge in [0.05, 0.1) is 12.8 Å². The van der Waals surface area contributed by atoms with Crippen molar-refractivity contribution in [2.24, 2.45) is 0 Å². The maximum absolute atomic E-state index is 12.4. The van der Waals surface area contributed by atoms with Crippen LogP contribution in [0.1, 0.15) is 11.1 Å². The van der Waals surface area contributed by atoms with Gasteiger partial charge in [-0.25, -0.2) is 0 Å². The van der Waals surface area contributed by atoms with Crippen molar-refractivity contribution in [3.8, 4) is 22.8 Å². The molecule has 3 N–H and O–H groups in total. The zero-order valence-electron chi connectivity index (χ0n) is 13.0. The van der Waals surface area contributed by atoms with E-state index >= 15 is 0 Å². The van der Waals surface area contributed by atoms with Crippen LogP contribution in [0.25, 0.3) is 11.3 Å². The highest BCUT2D eigenvalue weighted by Gasteiger charge is 2.12. The topological polar surface area (TPSA) is 78.1 Å². The molecule has 0 saturated carbocycles. The lowest BCUT2D eigenvalue weighted by Gasteiger charge is -2.10. The fraction of sp³-hybridized carbons (Fsp3) is 0.111. The minimum atomic E-state index is -0.243. The number of methoxy groups -OCH3 is 1. The molecule has 0 amide bonds. The first kappa shape index (κ1) is 16.0. The third-order valence-electron chi connectivity index (χ3n) is 3.73. The zero-order chi connectivity index (χ0) is 17.1. The van der Waals surface area contributed by atoms with Gasteiger partial charge < -0.3 is 14.8 Å². The number of H-pyrrole nitrogens is 2. The summed E-state index contributed by atoms with van der Waals surface area (Å²) in [4.78, 5) is 18.1. The average molecular weight is 340 g/mol. The van der Waals surface area contributed by atoms with Gasteiger partial charge in [0, 0.05) is 12.0 Å². The van der Waals surface area contributed by atoms with Gasteiger partial charge in [0.2, 0.25) is 0 Å². The number of phenolic OH excluding ortho intramolecular Hbond substituents is 1. The van der Waals surface area contributed by atoms with Crippen molar-refractivity contribution in [3.05, 3.63) is 74.8 Å². The molecule has 0 bridgehead atoms. The van der Waals surface area contributed by atoms with Gasteiger partial charge >= 0.3 is 0 Å². The molecule has 0 atom stereocenters. The summed E-state index contributed by atoms with van der Waals surface area (Å²) in [5.41, 5.74) is 2.66.